The molecule has 0 aliphatic carbocycles. The number of benzene rings is 1. The van der Waals surface area contributed by atoms with Crippen LogP contribution in [0.3, 0.4) is 0 Å². The van der Waals surface area contributed by atoms with Gasteiger partial charge in [-0.1, -0.05) is 6.07 Å². The summed E-state index contributed by atoms with van der Waals surface area (Å²) in [5, 5.41) is 11.3. The Hall–Kier alpha value is -2.37. The summed E-state index contributed by atoms with van der Waals surface area (Å²) in [6.07, 6.45) is 2.63. The zero-order valence-electron chi connectivity index (χ0n) is 10.8. The van der Waals surface area contributed by atoms with Crippen molar-refractivity contribution >= 4 is 23.6 Å². The van der Waals surface area contributed by atoms with Gasteiger partial charge in [-0.05, 0) is 23.8 Å². The average Bonchev–Trinajstić information content (AvgIpc) is 2.61. The first-order valence-corrected chi connectivity index (χ1v) is 6.28. The number of anilines is 1. The molecule has 106 valence electrons. The second-order valence-corrected chi connectivity index (χ2v) is 4.47. The molecule has 5 nitrogen and oxygen atoms in total. The predicted octanol–water partition coefficient (Wildman–Crippen LogP) is 1.25. The molecule has 1 amide bonds. The molecular weight excluding hydrogens is 263 g/mol. The van der Waals surface area contributed by atoms with E-state index in [0.717, 1.165) is 6.08 Å². The smallest absolute Gasteiger partial charge is 0.328 e. The third-order valence-corrected chi connectivity index (χ3v) is 3.04. The number of hydrogen-bond acceptors (Lipinski definition) is 3. The monoisotopic (exact) mass is 278 g/mol. The number of rotatable bonds is 3. The quantitative estimate of drug-likeness (QED) is 0.816. The summed E-state index contributed by atoms with van der Waals surface area (Å²) >= 11 is 0. The van der Waals surface area contributed by atoms with E-state index < -0.39 is 11.8 Å². The standard InChI is InChI=1S/C14H15FN2O3/c15-11-9-10(2-4-14(19)20)1-3-12(11)17-7-5-13(18)16-6-8-17/h1-4,9H,5-8H2,(H,16,18)(H,19,20). The van der Waals surface area contributed by atoms with Crippen molar-refractivity contribution in [2.75, 3.05) is 24.5 Å². The lowest BCUT2D eigenvalue weighted by molar-refractivity contribution is -0.131. The van der Waals surface area contributed by atoms with Crippen LogP contribution < -0.4 is 10.2 Å². The number of halogens is 1. The molecule has 0 radical (unpaired) electrons. The molecule has 20 heavy (non-hydrogen) atoms. The molecule has 1 aliphatic rings. The topological polar surface area (TPSA) is 69.6 Å². The molecule has 0 unspecified atom stereocenters. The van der Waals surface area contributed by atoms with E-state index in [1.807, 2.05) is 0 Å². The molecule has 1 fully saturated rings. The SMILES string of the molecule is O=C(O)C=Cc1ccc(N2CCNC(=O)CC2)c(F)c1. The van der Waals surface area contributed by atoms with Crippen LogP contribution in [-0.2, 0) is 9.59 Å². The van der Waals surface area contributed by atoms with Crippen molar-refractivity contribution in [1.29, 1.82) is 0 Å². The normalized spacial score (nSPS) is 16.1. The Morgan fingerprint density at radius 1 is 1.40 bits per heavy atom. The summed E-state index contributed by atoms with van der Waals surface area (Å²) in [6.45, 7) is 1.50. The predicted molar refractivity (Wildman–Crippen MR) is 72.9 cm³/mol. The number of carboxylic acids is 1. The molecule has 1 heterocycles. The number of carbonyl (C=O) groups excluding carboxylic acids is 1. The minimum Gasteiger partial charge on any atom is -0.478 e. The molecule has 0 spiro atoms. The highest BCUT2D eigenvalue weighted by Gasteiger charge is 2.16. The van der Waals surface area contributed by atoms with Gasteiger partial charge in [0.2, 0.25) is 5.91 Å². The second-order valence-electron chi connectivity index (χ2n) is 4.47. The maximum atomic E-state index is 14.1. The van der Waals surface area contributed by atoms with Gasteiger partial charge in [0.15, 0.2) is 0 Å². The van der Waals surface area contributed by atoms with Gasteiger partial charge < -0.3 is 15.3 Å². The zero-order valence-corrected chi connectivity index (χ0v) is 10.8. The fourth-order valence-corrected chi connectivity index (χ4v) is 2.06. The van der Waals surface area contributed by atoms with Crippen LogP contribution in [-0.4, -0.2) is 36.6 Å². The summed E-state index contributed by atoms with van der Waals surface area (Å²) in [7, 11) is 0. The van der Waals surface area contributed by atoms with Gasteiger partial charge in [-0.2, -0.15) is 0 Å². The van der Waals surface area contributed by atoms with Gasteiger partial charge in [0, 0.05) is 32.1 Å². The minimum absolute atomic E-state index is 0.0334. The van der Waals surface area contributed by atoms with E-state index >= 15 is 0 Å². The number of amides is 1. The van der Waals surface area contributed by atoms with Crippen molar-refractivity contribution < 1.29 is 19.1 Å². The number of aliphatic carboxylic acids is 1. The van der Waals surface area contributed by atoms with Crippen molar-refractivity contribution in [2.45, 2.75) is 6.42 Å². The first-order valence-electron chi connectivity index (χ1n) is 6.28. The van der Waals surface area contributed by atoms with E-state index in [2.05, 4.69) is 5.32 Å². The van der Waals surface area contributed by atoms with Crippen LogP contribution >= 0.6 is 0 Å². The van der Waals surface area contributed by atoms with Crippen molar-refractivity contribution in [1.82, 2.24) is 5.32 Å². The molecule has 1 aliphatic heterocycles. The highest BCUT2D eigenvalue weighted by molar-refractivity contribution is 5.85. The van der Waals surface area contributed by atoms with Gasteiger partial charge in [-0.15, -0.1) is 0 Å². The Bertz CT molecular complexity index is 557. The minimum atomic E-state index is -1.08. The van der Waals surface area contributed by atoms with Crippen molar-refractivity contribution in [3.05, 3.63) is 35.7 Å². The van der Waals surface area contributed by atoms with Crippen LogP contribution in [0.1, 0.15) is 12.0 Å². The third-order valence-electron chi connectivity index (χ3n) is 3.04. The molecule has 1 aromatic carbocycles. The van der Waals surface area contributed by atoms with Gasteiger partial charge in [0.25, 0.3) is 0 Å². The number of nitrogens with one attached hydrogen (secondary N) is 1. The van der Waals surface area contributed by atoms with Gasteiger partial charge in [0.1, 0.15) is 5.82 Å². The van der Waals surface area contributed by atoms with Crippen LogP contribution in [0.5, 0.6) is 0 Å². The summed E-state index contributed by atoms with van der Waals surface area (Å²) in [5.74, 6) is -1.53. The van der Waals surface area contributed by atoms with E-state index in [1.165, 1.54) is 12.1 Å². The Labute approximate surface area is 115 Å². The Balaban J connectivity index is 2.16. The van der Waals surface area contributed by atoms with Crippen molar-refractivity contribution in [2.24, 2.45) is 0 Å². The highest BCUT2D eigenvalue weighted by atomic mass is 19.1. The summed E-state index contributed by atoms with van der Waals surface area (Å²) in [5.41, 5.74) is 0.909. The van der Waals surface area contributed by atoms with E-state index in [4.69, 9.17) is 5.11 Å². The Morgan fingerprint density at radius 2 is 2.20 bits per heavy atom. The molecule has 2 N–H and O–H groups in total. The maximum absolute atomic E-state index is 14.1. The van der Waals surface area contributed by atoms with Crippen molar-refractivity contribution in [3.63, 3.8) is 0 Å². The summed E-state index contributed by atoms with van der Waals surface area (Å²) < 4.78 is 14.1. The van der Waals surface area contributed by atoms with E-state index in [-0.39, 0.29) is 5.91 Å². The third kappa shape index (κ3) is 3.57. The van der Waals surface area contributed by atoms with E-state index in [0.29, 0.717) is 37.3 Å². The van der Waals surface area contributed by atoms with Crippen LogP contribution in [0.2, 0.25) is 0 Å². The fraction of sp³-hybridized carbons (Fsp3) is 0.286. The number of carbonyl (C=O) groups is 2. The molecule has 0 saturated carbocycles. The van der Waals surface area contributed by atoms with Gasteiger partial charge in [0.05, 0.1) is 5.69 Å². The van der Waals surface area contributed by atoms with E-state index in [1.54, 1.807) is 17.0 Å². The molecule has 0 bridgehead atoms. The largest absolute Gasteiger partial charge is 0.478 e. The lowest BCUT2D eigenvalue weighted by Crippen LogP contribution is -2.29. The average molecular weight is 278 g/mol. The van der Waals surface area contributed by atoms with Crippen LogP contribution in [0.25, 0.3) is 6.08 Å². The molecular formula is C14H15FN2O3. The van der Waals surface area contributed by atoms with Crippen LogP contribution in [0.15, 0.2) is 24.3 Å². The van der Waals surface area contributed by atoms with Crippen molar-refractivity contribution in [3.8, 4) is 0 Å². The summed E-state index contributed by atoms with van der Waals surface area (Å²) in [4.78, 5) is 23.5. The second kappa shape index (κ2) is 6.18. The molecule has 2 rings (SSSR count). The lowest BCUT2D eigenvalue weighted by atomic mass is 10.1. The zero-order chi connectivity index (χ0) is 14.5. The molecule has 1 saturated heterocycles. The van der Waals surface area contributed by atoms with Gasteiger partial charge in [-0.25, -0.2) is 9.18 Å². The Morgan fingerprint density at radius 3 is 2.90 bits per heavy atom. The lowest BCUT2D eigenvalue weighted by Gasteiger charge is -2.22. The first kappa shape index (κ1) is 14.0. The van der Waals surface area contributed by atoms with Crippen LogP contribution in [0, 0.1) is 5.82 Å². The van der Waals surface area contributed by atoms with Gasteiger partial charge in [-0.3, -0.25) is 4.79 Å². The fourth-order valence-electron chi connectivity index (χ4n) is 2.06. The maximum Gasteiger partial charge on any atom is 0.328 e. The van der Waals surface area contributed by atoms with Crippen LogP contribution in [0.4, 0.5) is 10.1 Å². The number of nitrogens with zero attached hydrogens (tertiary/aromatic N) is 1. The number of carboxylic acid groups (broad SMARTS) is 1. The molecule has 0 aromatic heterocycles. The molecule has 0 atom stereocenters. The highest BCUT2D eigenvalue weighted by Crippen LogP contribution is 2.22. The first-order chi connectivity index (χ1) is 9.56. The Kier molecular flexibility index (Phi) is 4.34. The van der Waals surface area contributed by atoms with E-state index in [9.17, 15) is 14.0 Å². The molecule has 6 heteroatoms. The summed E-state index contributed by atoms with van der Waals surface area (Å²) in [6, 6.07) is 4.54. The number of hydrogen-bond donors (Lipinski definition) is 2. The molecule has 1 aromatic rings. The van der Waals surface area contributed by atoms with Gasteiger partial charge >= 0.3 is 5.97 Å².